The second-order valence-corrected chi connectivity index (χ2v) is 8.08. The fourth-order valence-corrected chi connectivity index (χ4v) is 3.77. The van der Waals surface area contributed by atoms with Crippen molar-refractivity contribution in [3.63, 3.8) is 0 Å². The Labute approximate surface area is 203 Å². The number of ether oxygens (including phenoxy) is 1. The lowest BCUT2D eigenvalue weighted by Gasteiger charge is -2.13. The largest absolute Gasteiger partial charge is 0.481 e. The van der Waals surface area contributed by atoms with Crippen LogP contribution in [0.15, 0.2) is 114 Å². The molecule has 4 aromatic carbocycles. The Morgan fingerprint density at radius 1 is 0.914 bits per heavy atom. The van der Waals surface area contributed by atoms with E-state index in [4.69, 9.17) is 9.84 Å². The van der Waals surface area contributed by atoms with Crippen LogP contribution in [0.25, 0.3) is 27.7 Å². The van der Waals surface area contributed by atoms with E-state index in [0.29, 0.717) is 5.75 Å². The first kappa shape index (κ1) is 22.1. The number of carbonyl (C=O) groups excluding carboxylic acids is 1. The van der Waals surface area contributed by atoms with Gasteiger partial charge >= 0.3 is 0 Å². The second kappa shape index (κ2) is 10.1. The molecule has 0 saturated carbocycles. The topological polar surface area (TPSA) is 68.5 Å². The van der Waals surface area contributed by atoms with Crippen molar-refractivity contribution in [2.45, 2.75) is 13.0 Å². The molecule has 0 aliphatic heterocycles. The van der Waals surface area contributed by atoms with E-state index in [1.165, 1.54) is 0 Å². The van der Waals surface area contributed by atoms with Gasteiger partial charge in [-0.2, -0.15) is 10.2 Å². The quantitative estimate of drug-likeness (QED) is 0.254. The Bertz CT molecular complexity index is 1480. The molecule has 0 aliphatic rings. The fraction of sp³-hybridized carbons (Fsp3) is 0.0690. The minimum absolute atomic E-state index is 0.342. The molecule has 0 spiro atoms. The van der Waals surface area contributed by atoms with E-state index in [9.17, 15) is 4.79 Å². The van der Waals surface area contributed by atoms with Crippen molar-refractivity contribution in [1.29, 1.82) is 0 Å². The fourth-order valence-electron chi connectivity index (χ4n) is 3.77. The van der Waals surface area contributed by atoms with Gasteiger partial charge in [0.1, 0.15) is 11.4 Å². The lowest BCUT2D eigenvalue weighted by molar-refractivity contribution is -0.127. The third kappa shape index (κ3) is 5.12. The SMILES string of the molecule is C[C@@H](Oc1ccc2ccccc2c1)C(=O)N/N=C\c1cn(-c2ccccc2)nc1-c1ccccc1. The number of hydrogen-bond acceptors (Lipinski definition) is 4. The molecule has 1 heterocycles. The van der Waals surface area contributed by atoms with Crippen LogP contribution >= 0.6 is 0 Å². The second-order valence-electron chi connectivity index (χ2n) is 8.08. The van der Waals surface area contributed by atoms with E-state index in [2.05, 4.69) is 10.5 Å². The molecular weight excluding hydrogens is 436 g/mol. The average Bonchev–Trinajstić information content (AvgIpc) is 3.34. The van der Waals surface area contributed by atoms with Gasteiger partial charge in [0, 0.05) is 17.3 Å². The normalized spacial score (nSPS) is 12.0. The van der Waals surface area contributed by atoms with E-state index in [-0.39, 0.29) is 5.91 Å². The van der Waals surface area contributed by atoms with E-state index in [1.54, 1.807) is 17.8 Å². The average molecular weight is 461 g/mol. The van der Waals surface area contributed by atoms with Crippen molar-refractivity contribution in [3.05, 3.63) is 115 Å². The highest BCUT2D eigenvalue weighted by atomic mass is 16.5. The minimum Gasteiger partial charge on any atom is -0.481 e. The first-order valence-electron chi connectivity index (χ1n) is 11.4. The van der Waals surface area contributed by atoms with E-state index < -0.39 is 6.10 Å². The van der Waals surface area contributed by atoms with Gasteiger partial charge in [0.05, 0.1) is 11.9 Å². The summed E-state index contributed by atoms with van der Waals surface area (Å²) in [7, 11) is 0. The number of fused-ring (bicyclic) bond motifs is 1. The standard InChI is InChI=1S/C29H24N4O2/c1-21(35-27-17-16-22-10-8-9-13-24(22)18-27)29(34)31-30-19-25-20-33(26-14-6-3-7-15-26)32-28(25)23-11-4-2-5-12-23/h2-21H,1H3,(H,31,34)/b30-19-/t21-/m1/s1. The van der Waals surface area contributed by atoms with Gasteiger partial charge in [-0.25, -0.2) is 10.1 Å². The van der Waals surface area contributed by atoms with Crippen LogP contribution in [0.3, 0.4) is 0 Å². The minimum atomic E-state index is -0.714. The number of para-hydroxylation sites is 1. The monoisotopic (exact) mass is 460 g/mol. The number of amides is 1. The number of hydrogen-bond donors (Lipinski definition) is 1. The lowest BCUT2D eigenvalue weighted by atomic mass is 10.1. The number of nitrogens with one attached hydrogen (secondary N) is 1. The van der Waals surface area contributed by atoms with Crippen molar-refractivity contribution >= 4 is 22.9 Å². The third-order valence-corrected chi connectivity index (χ3v) is 5.59. The summed E-state index contributed by atoms with van der Waals surface area (Å²) < 4.78 is 7.64. The van der Waals surface area contributed by atoms with Gasteiger partial charge in [-0.15, -0.1) is 0 Å². The highest BCUT2D eigenvalue weighted by molar-refractivity contribution is 5.90. The molecule has 1 N–H and O–H groups in total. The number of nitrogens with zero attached hydrogens (tertiary/aromatic N) is 3. The molecule has 5 rings (SSSR count). The van der Waals surface area contributed by atoms with Gasteiger partial charge in [0.2, 0.25) is 0 Å². The summed E-state index contributed by atoms with van der Waals surface area (Å²) in [6.45, 7) is 1.70. The van der Waals surface area contributed by atoms with Crippen molar-refractivity contribution in [3.8, 4) is 22.7 Å². The summed E-state index contributed by atoms with van der Waals surface area (Å²) in [4.78, 5) is 12.6. The first-order valence-corrected chi connectivity index (χ1v) is 11.4. The predicted octanol–water partition coefficient (Wildman–Crippen LogP) is 5.61. The lowest BCUT2D eigenvalue weighted by Crippen LogP contribution is -2.33. The number of rotatable bonds is 7. The van der Waals surface area contributed by atoms with Crippen molar-refractivity contribution in [1.82, 2.24) is 15.2 Å². The Kier molecular flexibility index (Phi) is 6.35. The molecule has 0 bridgehead atoms. The van der Waals surface area contributed by atoms with E-state index in [0.717, 1.165) is 33.3 Å². The van der Waals surface area contributed by atoms with Crippen molar-refractivity contribution < 1.29 is 9.53 Å². The third-order valence-electron chi connectivity index (χ3n) is 5.59. The molecule has 0 fully saturated rings. The maximum atomic E-state index is 12.6. The van der Waals surface area contributed by atoms with Crippen LogP contribution in [0.1, 0.15) is 12.5 Å². The van der Waals surface area contributed by atoms with Gasteiger partial charge in [-0.3, -0.25) is 4.79 Å². The zero-order chi connectivity index (χ0) is 24.0. The van der Waals surface area contributed by atoms with Gasteiger partial charge in [0.25, 0.3) is 5.91 Å². The summed E-state index contributed by atoms with van der Waals surface area (Å²) in [6.07, 6.45) is 2.78. The summed E-state index contributed by atoms with van der Waals surface area (Å²) in [5.74, 6) is 0.289. The molecule has 0 unspecified atom stereocenters. The molecule has 5 aromatic rings. The number of benzene rings is 4. The zero-order valence-electron chi connectivity index (χ0n) is 19.2. The molecule has 1 aromatic heterocycles. The van der Waals surface area contributed by atoms with Crippen LogP contribution in [-0.4, -0.2) is 28.0 Å². The molecule has 0 saturated heterocycles. The molecule has 6 nitrogen and oxygen atoms in total. The highest BCUT2D eigenvalue weighted by Gasteiger charge is 2.15. The van der Waals surface area contributed by atoms with Crippen LogP contribution in [-0.2, 0) is 4.79 Å². The summed E-state index contributed by atoms with van der Waals surface area (Å²) in [6, 6.07) is 33.5. The van der Waals surface area contributed by atoms with Crippen LogP contribution in [0, 0.1) is 0 Å². The Morgan fingerprint density at radius 2 is 1.60 bits per heavy atom. The highest BCUT2D eigenvalue weighted by Crippen LogP contribution is 2.23. The van der Waals surface area contributed by atoms with Crippen LogP contribution in [0.5, 0.6) is 5.75 Å². The van der Waals surface area contributed by atoms with Crippen LogP contribution in [0.4, 0.5) is 0 Å². The van der Waals surface area contributed by atoms with Crippen molar-refractivity contribution in [2.24, 2.45) is 5.10 Å². The molecule has 172 valence electrons. The Balaban J connectivity index is 1.31. The molecule has 1 amide bonds. The van der Waals surface area contributed by atoms with E-state index >= 15 is 0 Å². The molecule has 35 heavy (non-hydrogen) atoms. The van der Waals surface area contributed by atoms with Gasteiger partial charge in [-0.05, 0) is 42.0 Å². The molecule has 6 heteroatoms. The molecule has 0 aliphatic carbocycles. The van der Waals surface area contributed by atoms with Crippen LogP contribution < -0.4 is 10.2 Å². The Morgan fingerprint density at radius 3 is 2.37 bits per heavy atom. The van der Waals surface area contributed by atoms with Gasteiger partial charge < -0.3 is 4.74 Å². The summed E-state index contributed by atoms with van der Waals surface area (Å²) in [5, 5.41) is 11.1. The maximum absolute atomic E-state index is 12.6. The molecule has 1 atom stereocenters. The number of hydrazone groups is 1. The summed E-state index contributed by atoms with van der Waals surface area (Å²) in [5.41, 5.74) is 6.03. The van der Waals surface area contributed by atoms with Gasteiger partial charge in [-0.1, -0.05) is 78.9 Å². The van der Waals surface area contributed by atoms with Gasteiger partial charge in [0.15, 0.2) is 6.10 Å². The first-order chi connectivity index (χ1) is 17.2. The smallest absolute Gasteiger partial charge is 0.280 e. The predicted molar refractivity (Wildman–Crippen MR) is 139 cm³/mol. The zero-order valence-corrected chi connectivity index (χ0v) is 19.2. The molecular formula is C29H24N4O2. The van der Waals surface area contributed by atoms with Crippen LogP contribution in [0.2, 0.25) is 0 Å². The molecule has 0 radical (unpaired) electrons. The summed E-state index contributed by atoms with van der Waals surface area (Å²) >= 11 is 0. The maximum Gasteiger partial charge on any atom is 0.280 e. The number of aromatic nitrogens is 2. The Hall–Kier alpha value is -4.71. The number of carbonyl (C=O) groups is 1. The van der Waals surface area contributed by atoms with Crippen molar-refractivity contribution in [2.75, 3.05) is 0 Å². The van der Waals surface area contributed by atoms with E-state index in [1.807, 2.05) is 109 Å².